The third-order valence-electron chi connectivity index (χ3n) is 3.03. The van der Waals surface area contributed by atoms with Gasteiger partial charge in [-0.3, -0.25) is 0 Å². The van der Waals surface area contributed by atoms with Gasteiger partial charge in [0.05, 0.1) is 8.95 Å². The largest absolute Gasteiger partial charge is 0.490 e. The SMILES string of the molecule is CCNC(COc1c(Br)cc(Br)cc1Br)C1CC1. The maximum absolute atomic E-state index is 5.96. The molecule has 0 radical (unpaired) electrons. The highest BCUT2D eigenvalue weighted by Crippen LogP contribution is 2.38. The van der Waals surface area contributed by atoms with Crippen LogP contribution in [0.1, 0.15) is 19.8 Å². The molecule has 0 amide bonds. The van der Waals surface area contributed by atoms with E-state index in [-0.39, 0.29) is 0 Å². The lowest BCUT2D eigenvalue weighted by Crippen LogP contribution is -2.36. The van der Waals surface area contributed by atoms with Crippen molar-refractivity contribution in [3.05, 3.63) is 25.6 Å². The Morgan fingerprint density at radius 2 is 1.89 bits per heavy atom. The first-order valence-electron chi connectivity index (χ1n) is 6.12. The van der Waals surface area contributed by atoms with Gasteiger partial charge >= 0.3 is 0 Å². The lowest BCUT2D eigenvalue weighted by atomic mass is 10.2. The average Bonchev–Trinajstić information content (AvgIpc) is 3.09. The molecule has 1 atom stereocenters. The molecule has 5 heteroatoms. The lowest BCUT2D eigenvalue weighted by molar-refractivity contribution is 0.248. The molecule has 1 N–H and O–H groups in total. The van der Waals surface area contributed by atoms with Crippen LogP contribution in [0.3, 0.4) is 0 Å². The van der Waals surface area contributed by atoms with E-state index < -0.39 is 0 Å². The first-order valence-corrected chi connectivity index (χ1v) is 8.50. The molecule has 2 rings (SSSR count). The molecular formula is C13H16Br3NO. The van der Waals surface area contributed by atoms with Crippen molar-refractivity contribution in [3.8, 4) is 5.75 Å². The van der Waals surface area contributed by atoms with Crippen LogP contribution in [-0.2, 0) is 0 Å². The molecule has 100 valence electrons. The van der Waals surface area contributed by atoms with Gasteiger partial charge in [-0.15, -0.1) is 0 Å². The predicted molar refractivity (Wildman–Crippen MR) is 85.2 cm³/mol. The molecule has 0 heterocycles. The fourth-order valence-corrected chi connectivity index (χ4v) is 4.45. The summed E-state index contributed by atoms with van der Waals surface area (Å²) in [4.78, 5) is 0. The Labute approximate surface area is 133 Å². The van der Waals surface area contributed by atoms with E-state index in [2.05, 4.69) is 60.0 Å². The van der Waals surface area contributed by atoms with Crippen molar-refractivity contribution in [3.63, 3.8) is 0 Å². The monoisotopic (exact) mass is 439 g/mol. The molecule has 0 aromatic heterocycles. The first-order chi connectivity index (χ1) is 8.61. The molecule has 1 saturated carbocycles. The third kappa shape index (κ3) is 3.95. The summed E-state index contributed by atoms with van der Waals surface area (Å²) in [6.07, 6.45) is 2.65. The van der Waals surface area contributed by atoms with E-state index in [1.165, 1.54) is 12.8 Å². The predicted octanol–water partition coefficient (Wildman–Crippen LogP) is 4.74. The summed E-state index contributed by atoms with van der Waals surface area (Å²) in [7, 11) is 0. The summed E-state index contributed by atoms with van der Waals surface area (Å²) in [5.41, 5.74) is 0. The van der Waals surface area contributed by atoms with Crippen molar-refractivity contribution in [1.29, 1.82) is 0 Å². The van der Waals surface area contributed by atoms with E-state index in [1.807, 2.05) is 12.1 Å². The number of nitrogens with one attached hydrogen (secondary N) is 1. The zero-order valence-electron chi connectivity index (χ0n) is 10.2. The quantitative estimate of drug-likeness (QED) is 0.688. The fourth-order valence-electron chi connectivity index (χ4n) is 1.96. The number of rotatable bonds is 6. The molecule has 1 unspecified atom stereocenters. The minimum absolute atomic E-state index is 0.470. The zero-order valence-corrected chi connectivity index (χ0v) is 14.9. The van der Waals surface area contributed by atoms with Gasteiger partial charge in [-0.05, 0) is 69.3 Å². The topological polar surface area (TPSA) is 21.3 Å². The number of halogens is 3. The van der Waals surface area contributed by atoms with Gasteiger partial charge in [-0.25, -0.2) is 0 Å². The zero-order chi connectivity index (χ0) is 13.1. The second kappa shape index (κ2) is 6.73. The molecule has 0 bridgehead atoms. The molecular weight excluding hydrogens is 426 g/mol. The Kier molecular flexibility index (Phi) is 5.54. The minimum atomic E-state index is 0.470. The molecule has 1 fully saturated rings. The van der Waals surface area contributed by atoms with Crippen molar-refractivity contribution < 1.29 is 4.74 Å². The second-order valence-electron chi connectivity index (χ2n) is 4.51. The highest BCUT2D eigenvalue weighted by Gasteiger charge is 2.31. The number of hydrogen-bond acceptors (Lipinski definition) is 2. The summed E-state index contributed by atoms with van der Waals surface area (Å²) in [6.45, 7) is 3.85. The van der Waals surface area contributed by atoms with E-state index in [9.17, 15) is 0 Å². The molecule has 1 aromatic rings. The molecule has 0 spiro atoms. The van der Waals surface area contributed by atoms with Gasteiger partial charge in [-0.2, -0.15) is 0 Å². The second-order valence-corrected chi connectivity index (χ2v) is 7.14. The molecule has 0 aliphatic heterocycles. The van der Waals surface area contributed by atoms with E-state index in [0.29, 0.717) is 6.04 Å². The molecule has 0 saturated heterocycles. The highest BCUT2D eigenvalue weighted by atomic mass is 79.9. The number of ether oxygens (including phenoxy) is 1. The van der Waals surface area contributed by atoms with E-state index in [4.69, 9.17) is 4.74 Å². The van der Waals surface area contributed by atoms with Gasteiger partial charge in [0.2, 0.25) is 0 Å². The number of likely N-dealkylation sites (N-methyl/N-ethyl adjacent to an activating group) is 1. The van der Waals surface area contributed by atoms with Crippen LogP contribution >= 0.6 is 47.8 Å². The fraction of sp³-hybridized carbons (Fsp3) is 0.538. The van der Waals surface area contributed by atoms with Crippen molar-refractivity contribution in [2.45, 2.75) is 25.8 Å². The Balaban J connectivity index is 2.00. The molecule has 2 nitrogen and oxygen atoms in total. The summed E-state index contributed by atoms with van der Waals surface area (Å²) in [6, 6.07) is 4.47. The van der Waals surface area contributed by atoms with Crippen LogP contribution in [0.15, 0.2) is 25.6 Å². The lowest BCUT2D eigenvalue weighted by Gasteiger charge is -2.19. The molecule has 1 aromatic carbocycles. The molecule has 18 heavy (non-hydrogen) atoms. The van der Waals surface area contributed by atoms with Crippen LogP contribution in [0.25, 0.3) is 0 Å². The van der Waals surface area contributed by atoms with Gasteiger partial charge in [0.1, 0.15) is 12.4 Å². The van der Waals surface area contributed by atoms with Gasteiger partial charge in [0.15, 0.2) is 0 Å². The summed E-state index contributed by atoms with van der Waals surface area (Å²) in [5.74, 6) is 1.67. The van der Waals surface area contributed by atoms with Crippen LogP contribution in [0.5, 0.6) is 5.75 Å². The van der Waals surface area contributed by atoms with Gasteiger partial charge < -0.3 is 10.1 Å². The van der Waals surface area contributed by atoms with Crippen LogP contribution in [0.2, 0.25) is 0 Å². The summed E-state index contributed by atoms with van der Waals surface area (Å²) < 4.78 is 8.92. The van der Waals surface area contributed by atoms with E-state index in [0.717, 1.165) is 38.2 Å². The molecule has 1 aliphatic rings. The van der Waals surface area contributed by atoms with Gasteiger partial charge in [0, 0.05) is 10.5 Å². The molecule has 1 aliphatic carbocycles. The van der Waals surface area contributed by atoms with Crippen molar-refractivity contribution >= 4 is 47.8 Å². The Hall–Kier alpha value is 0.420. The smallest absolute Gasteiger partial charge is 0.147 e. The Morgan fingerprint density at radius 3 is 2.39 bits per heavy atom. The summed E-state index contributed by atoms with van der Waals surface area (Å²) >= 11 is 10.5. The van der Waals surface area contributed by atoms with Crippen LogP contribution < -0.4 is 10.1 Å². The first kappa shape index (κ1) is 14.8. The van der Waals surface area contributed by atoms with Crippen LogP contribution in [0, 0.1) is 5.92 Å². The third-order valence-corrected chi connectivity index (χ3v) is 4.66. The van der Waals surface area contributed by atoms with Crippen LogP contribution in [0.4, 0.5) is 0 Å². The maximum Gasteiger partial charge on any atom is 0.147 e. The van der Waals surface area contributed by atoms with Gasteiger partial charge in [-0.1, -0.05) is 22.9 Å². The van der Waals surface area contributed by atoms with E-state index >= 15 is 0 Å². The number of hydrogen-bond donors (Lipinski definition) is 1. The standard InChI is InChI=1S/C13H16Br3NO/c1-2-17-12(8-3-4-8)7-18-13-10(15)5-9(14)6-11(13)16/h5-6,8,12,17H,2-4,7H2,1H3. The highest BCUT2D eigenvalue weighted by molar-refractivity contribution is 9.11. The number of benzene rings is 1. The van der Waals surface area contributed by atoms with Crippen LogP contribution in [-0.4, -0.2) is 19.2 Å². The van der Waals surface area contributed by atoms with Gasteiger partial charge in [0.25, 0.3) is 0 Å². The average molecular weight is 442 g/mol. The maximum atomic E-state index is 5.96. The Bertz CT molecular complexity index is 398. The van der Waals surface area contributed by atoms with Crippen molar-refractivity contribution in [1.82, 2.24) is 5.32 Å². The summed E-state index contributed by atoms with van der Waals surface area (Å²) in [5, 5.41) is 3.50. The Morgan fingerprint density at radius 1 is 1.28 bits per heavy atom. The van der Waals surface area contributed by atoms with Crippen molar-refractivity contribution in [2.75, 3.05) is 13.2 Å². The van der Waals surface area contributed by atoms with E-state index in [1.54, 1.807) is 0 Å². The minimum Gasteiger partial charge on any atom is -0.490 e. The van der Waals surface area contributed by atoms with Crippen molar-refractivity contribution in [2.24, 2.45) is 5.92 Å². The normalized spacial score (nSPS) is 16.7.